The van der Waals surface area contributed by atoms with Crippen molar-refractivity contribution in [2.24, 2.45) is 10.2 Å². The zero-order valence-electron chi connectivity index (χ0n) is 28.5. The number of aryl methyl sites for hydroxylation is 2. The van der Waals surface area contributed by atoms with Crippen LogP contribution in [0.3, 0.4) is 0 Å². The number of anilines is 1. The SMILES string of the molecule is Cc1nnnn1/N=C/c1ccc(O)c(C(c2cccc(N(Cc3ccccc3)Cc3ccccc3)c2)c2cc(/C=N/n3nnnc3C)ccc2O)c1. The van der Waals surface area contributed by atoms with Crippen molar-refractivity contribution in [1.29, 1.82) is 0 Å². The highest BCUT2D eigenvalue weighted by molar-refractivity contribution is 5.82. The van der Waals surface area contributed by atoms with E-state index in [1.54, 1.807) is 50.5 Å². The molecule has 7 rings (SSSR count). The van der Waals surface area contributed by atoms with E-state index in [2.05, 4.69) is 82.6 Å². The molecule has 0 atom stereocenters. The van der Waals surface area contributed by atoms with Crippen molar-refractivity contribution in [2.75, 3.05) is 4.90 Å². The lowest BCUT2D eigenvalue weighted by Crippen LogP contribution is -2.22. The zero-order chi connectivity index (χ0) is 35.9. The van der Waals surface area contributed by atoms with Crippen LogP contribution in [-0.2, 0) is 13.1 Å². The number of rotatable bonds is 12. The Balaban J connectivity index is 1.35. The third-order valence-corrected chi connectivity index (χ3v) is 8.57. The van der Waals surface area contributed by atoms with Crippen LogP contribution in [0.25, 0.3) is 0 Å². The summed E-state index contributed by atoms with van der Waals surface area (Å²) in [6.07, 6.45) is 3.25. The van der Waals surface area contributed by atoms with Crippen LogP contribution in [0.15, 0.2) is 132 Å². The highest BCUT2D eigenvalue weighted by atomic mass is 16.3. The second-order valence-electron chi connectivity index (χ2n) is 12.2. The Morgan fingerprint density at radius 1 is 0.615 bits per heavy atom. The minimum Gasteiger partial charge on any atom is -0.508 e. The first-order valence-electron chi connectivity index (χ1n) is 16.6. The standard InChI is InChI=1S/C39H35N11O2/c1-27-42-44-46-49(27)40-23-31-16-18-37(51)35(20-31)39(36-21-32(17-19-38(36)52)24-41-50-28(2)43-45-47-50)33-14-9-15-34(22-33)48(25-29-10-5-3-6-11-29)26-30-12-7-4-8-13-30/h3-24,39,51-52H,25-26H2,1-2H3/b40-23+,41-24+. The van der Waals surface area contributed by atoms with Crippen molar-refractivity contribution >= 4 is 18.1 Å². The Morgan fingerprint density at radius 2 is 1.12 bits per heavy atom. The molecule has 0 saturated carbocycles. The molecule has 0 aliphatic rings. The van der Waals surface area contributed by atoms with Gasteiger partial charge in [-0.1, -0.05) is 72.8 Å². The smallest absolute Gasteiger partial charge is 0.173 e. The van der Waals surface area contributed by atoms with Gasteiger partial charge in [0.1, 0.15) is 11.5 Å². The summed E-state index contributed by atoms with van der Waals surface area (Å²) < 4.78 is 0. The molecule has 258 valence electrons. The average Bonchev–Trinajstić information content (AvgIpc) is 3.79. The van der Waals surface area contributed by atoms with Gasteiger partial charge in [0.2, 0.25) is 0 Å². The van der Waals surface area contributed by atoms with Crippen LogP contribution in [-0.4, -0.2) is 63.3 Å². The van der Waals surface area contributed by atoms with E-state index in [9.17, 15) is 10.2 Å². The van der Waals surface area contributed by atoms with E-state index in [0.717, 1.165) is 11.3 Å². The van der Waals surface area contributed by atoms with E-state index in [-0.39, 0.29) is 11.5 Å². The monoisotopic (exact) mass is 689 g/mol. The van der Waals surface area contributed by atoms with Crippen LogP contribution in [0.4, 0.5) is 5.69 Å². The molecule has 2 aromatic heterocycles. The van der Waals surface area contributed by atoms with Crippen molar-refractivity contribution in [1.82, 2.24) is 40.6 Å². The molecular formula is C39H35N11O2. The Hall–Kier alpha value is -7.02. The quantitative estimate of drug-likeness (QED) is 0.119. The molecule has 0 unspecified atom stereocenters. The molecule has 13 nitrogen and oxygen atoms in total. The Morgan fingerprint density at radius 3 is 1.58 bits per heavy atom. The van der Waals surface area contributed by atoms with Gasteiger partial charge in [0, 0.05) is 35.8 Å². The van der Waals surface area contributed by atoms with Gasteiger partial charge in [-0.05, 0) is 111 Å². The summed E-state index contributed by atoms with van der Waals surface area (Å²) in [5, 5.41) is 54.7. The molecule has 0 fully saturated rings. The molecule has 0 amide bonds. The summed E-state index contributed by atoms with van der Waals surface area (Å²) in [5.41, 5.74) is 6.70. The largest absolute Gasteiger partial charge is 0.508 e. The van der Waals surface area contributed by atoms with Crippen LogP contribution in [0.5, 0.6) is 11.5 Å². The number of hydrogen-bond acceptors (Lipinski definition) is 11. The first-order chi connectivity index (χ1) is 25.4. The maximum atomic E-state index is 11.5. The third kappa shape index (κ3) is 7.73. The lowest BCUT2D eigenvalue weighted by molar-refractivity contribution is 0.458. The van der Waals surface area contributed by atoms with Crippen LogP contribution < -0.4 is 4.90 Å². The fraction of sp³-hybridized carbons (Fsp3) is 0.128. The maximum Gasteiger partial charge on any atom is 0.173 e. The van der Waals surface area contributed by atoms with E-state index in [0.29, 0.717) is 47.0 Å². The lowest BCUT2D eigenvalue weighted by Gasteiger charge is -2.28. The van der Waals surface area contributed by atoms with Gasteiger partial charge in [-0.15, -0.1) is 19.8 Å². The van der Waals surface area contributed by atoms with Crippen LogP contribution >= 0.6 is 0 Å². The number of aromatic hydroxyl groups is 2. The van der Waals surface area contributed by atoms with Crippen LogP contribution in [0.2, 0.25) is 0 Å². The summed E-state index contributed by atoms with van der Waals surface area (Å²) in [5.74, 6) is 0.557. The molecule has 0 bridgehead atoms. The fourth-order valence-electron chi connectivity index (χ4n) is 5.95. The van der Waals surface area contributed by atoms with Crippen molar-refractivity contribution in [3.63, 3.8) is 0 Å². The number of phenols is 2. The number of tetrazole rings is 2. The van der Waals surface area contributed by atoms with Crippen molar-refractivity contribution < 1.29 is 10.2 Å². The third-order valence-electron chi connectivity index (χ3n) is 8.57. The molecule has 0 aliphatic heterocycles. The number of aromatic nitrogens is 8. The predicted molar refractivity (Wildman–Crippen MR) is 197 cm³/mol. The molecular weight excluding hydrogens is 655 g/mol. The fourth-order valence-corrected chi connectivity index (χ4v) is 5.95. The highest BCUT2D eigenvalue weighted by Gasteiger charge is 2.25. The van der Waals surface area contributed by atoms with E-state index in [1.807, 2.05) is 60.7 Å². The van der Waals surface area contributed by atoms with Gasteiger partial charge in [0.15, 0.2) is 11.6 Å². The summed E-state index contributed by atoms with van der Waals surface area (Å²) in [4.78, 5) is 4.96. The topological polar surface area (TPSA) is 156 Å². The zero-order valence-corrected chi connectivity index (χ0v) is 28.5. The predicted octanol–water partition coefficient (Wildman–Crippen LogP) is 5.84. The van der Waals surface area contributed by atoms with Gasteiger partial charge in [0.05, 0.1) is 12.4 Å². The minimum atomic E-state index is -0.610. The first kappa shape index (κ1) is 33.5. The molecule has 0 radical (unpaired) electrons. The lowest BCUT2D eigenvalue weighted by atomic mass is 9.82. The van der Waals surface area contributed by atoms with Crippen molar-refractivity contribution in [3.05, 3.63) is 172 Å². The average molecular weight is 690 g/mol. The molecule has 52 heavy (non-hydrogen) atoms. The van der Waals surface area contributed by atoms with Crippen molar-refractivity contribution in [2.45, 2.75) is 32.9 Å². The van der Waals surface area contributed by atoms with Crippen molar-refractivity contribution in [3.8, 4) is 11.5 Å². The van der Waals surface area contributed by atoms with Crippen LogP contribution in [0.1, 0.15) is 56.5 Å². The van der Waals surface area contributed by atoms with Gasteiger partial charge >= 0.3 is 0 Å². The maximum absolute atomic E-state index is 11.5. The molecule has 13 heteroatoms. The number of hydrogen-bond donors (Lipinski definition) is 2. The van der Waals surface area contributed by atoms with E-state index >= 15 is 0 Å². The molecule has 7 aromatic rings. The summed E-state index contributed by atoms with van der Waals surface area (Å²) in [6, 6.07) is 39.4. The van der Waals surface area contributed by atoms with Crippen LogP contribution in [0, 0.1) is 13.8 Å². The van der Waals surface area contributed by atoms with Gasteiger partial charge in [-0.2, -0.15) is 10.2 Å². The number of phenolic OH excluding ortho intramolecular Hbond substituents is 2. The number of nitrogens with zero attached hydrogens (tertiary/aromatic N) is 11. The first-order valence-corrected chi connectivity index (χ1v) is 16.6. The van der Waals surface area contributed by atoms with Gasteiger partial charge in [0.25, 0.3) is 0 Å². The minimum absolute atomic E-state index is 0.0550. The summed E-state index contributed by atoms with van der Waals surface area (Å²) in [7, 11) is 0. The normalized spacial score (nSPS) is 11.6. The second kappa shape index (κ2) is 15.3. The second-order valence-corrected chi connectivity index (χ2v) is 12.2. The highest BCUT2D eigenvalue weighted by Crippen LogP contribution is 2.42. The Bertz CT molecular complexity index is 2190. The summed E-state index contributed by atoms with van der Waals surface area (Å²) in [6.45, 7) is 4.85. The number of benzene rings is 5. The van der Waals surface area contributed by atoms with Gasteiger partial charge in [-0.3, -0.25) is 0 Å². The van der Waals surface area contributed by atoms with E-state index < -0.39 is 5.92 Å². The van der Waals surface area contributed by atoms with Gasteiger partial charge in [-0.25, -0.2) is 0 Å². The molecule has 0 aliphatic carbocycles. The Kier molecular flexibility index (Phi) is 9.82. The molecule has 0 spiro atoms. The molecule has 2 heterocycles. The molecule has 0 saturated heterocycles. The Labute approximate surface area is 299 Å². The molecule has 5 aromatic carbocycles. The summed E-state index contributed by atoms with van der Waals surface area (Å²) >= 11 is 0. The molecule has 2 N–H and O–H groups in total. The van der Waals surface area contributed by atoms with E-state index in [4.69, 9.17) is 0 Å². The van der Waals surface area contributed by atoms with E-state index in [1.165, 1.54) is 20.7 Å². The van der Waals surface area contributed by atoms with Gasteiger partial charge < -0.3 is 15.1 Å².